The number of hydrogen-bond acceptors (Lipinski definition) is 1. The normalized spacial score (nSPS) is 17.6. The second kappa shape index (κ2) is 29.6. The Morgan fingerprint density at radius 2 is 1.07 bits per heavy atom. The number of terminal acetylenes is 1. The first-order valence-electron chi connectivity index (χ1n) is 16.6. The van der Waals surface area contributed by atoms with E-state index in [4.69, 9.17) is 5.73 Å². The molecule has 0 fully saturated rings. The van der Waals surface area contributed by atoms with Gasteiger partial charge in [0, 0.05) is 12.0 Å². The summed E-state index contributed by atoms with van der Waals surface area (Å²) in [6, 6.07) is 0.278. The molecule has 0 aliphatic heterocycles. The molecule has 0 amide bonds. The average molecular weight is 572 g/mol. The van der Waals surface area contributed by atoms with Gasteiger partial charge in [-0.15, -0.1) is 12.8 Å². The first kappa shape index (κ1) is 46.1. The molecule has 9 atom stereocenters. The molecule has 1 nitrogen and oxygen atoms in total. The van der Waals surface area contributed by atoms with E-state index in [0.717, 1.165) is 30.6 Å². The Morgan fingerprint density at radius 1 is 0.675 bits per heavy atom. The summed E-state index contributed by atoms with van der Waals surface area (Å²) < 4.78 is 26.9. The van der Waals surface area contributed by atoms with Crippen LogP contribution >= 0.6 is 0 Å². The van der Waals surface area contributed by atoms with Crippen molar-refractivity contribution in [2.45, 2.75) is 160 Å². The summed E-state index contributed by atoms with van der Waals surface area (Å²) in [5, 5.41) is 0. The summed E-state index contributed by atoms with van der Waals surface area (Å²) in [6.45, 7) is 31.6. The van der Waals surface area contributed by atoms with Crippen LogP contribution in [0.15, 0.2) is 12.2 Å². The monoisotopic (exact) mass is 572 g/mol. The molecule has 0 bridgehead atoms. The van der Waals surface area contributed by atoms with E-state index in [1.54, 1.807) is 6.92 Å². The number of alkyl halides is 2. The quantitative estimate of drug-likeness (QED) is 0.121. The van der Waals surface area contributed by atoms with Crippen molar-refractivity contribution in [2.75, 3.05) is 6.67 Å². The van der Waals surface area contributed by atoms with Gasteiger partial charge in [0.25, 0.3) is 0 Å². The fourth-order valence-electron chi connectivity index (χ4n) is 4.54. The maximum Gasteiger partial charge on any atom is 0.121 e. The van der Waals surface area contributed by atoms with Crippen molar-refractivity contribution in [3.05, 3.63) is 12.2 Å². The third kappa shape index (κ3) is 26.0. The first-order chi connectivity index (χ1) is 18.7. The topological polar surface area (TPSA) is 26.0 Å². The van der Waals surface area contributed by atoms with Crippen molar-refractivity contribution in [1.29, 1.82) is 0 Å². The molecular weight excluding hydrogens is 496 g/mol. The largest absolute Gasteiger partial charge is 0.328 e. The minimum Gasteiger partial charge on any atom is -0.328 e. The molecule has 0 aromatic rings. The Hall–Kier alpha value is -0.880. The van der Waals surface area contributed by atoms with E-state index in [1.807, 2.05) is 13.8 Å². The number of hydrogen-bond donors (Lipinski definition) is 1. The van der Waals surface area contributed by atoms with Crippen molar-refractivity contribution < 1.29 is 8.78 Å². The molecule has 0 spiro atoms. The third-order valence-electron chi connectivity index (χ3n) is 8.98. The van der Waals surface area contributed by atoms with Gasteiger partial charge in [0.2, 0.25) is 0 Å². The Morgan fingerprint density at radius 3 is 1.45 bits per heavy atom. The van der Waals surface area contributed by atoms with E-state index in [2.05, 4.69) is 88.7 Å². The summed E-state index contributed by atoms with van der Waals surface area (Å²) >= 11 is 0. The van der Waals surface area contributed by atoms with Crippen LogP contribution in [0.3, 0.4) is 0 Å². The summed E-state index contributed by atoms with van der Waals surface area (Å²) in [6.07, 6.45) is 17.5. The molecule has 9 unspecified atom stereocenters. The van der Waals surface area contributed by atoms with Gasteiger partial charge >= 0.3 is 0 Å². The van der Waals surface area contributed by atoms with Gasteiger partial charge in [0.15, 0.2) is 0 Å². The smallest absolute Gasteiger partial charge is 0.121 e. The SMILES string of the molecule is C#C.C=C(C(C)CF)C(F)CC(C)C(C)CCC(C)C(C)CCC(C)N.CC.CCCC(C)CCC(C)C(C)C. The lowest BCUT2D eigenvalue weighted by molar-refractivity contribution is 0.225. The van der Waals surface area contributed by atoms with Gasteiger partial charge in [-0.3, -0.25) is 4.39 Å². The van der Waals surface area contributed by atoms with Crippen LogP contribution in [-0.4, -0.2) is 18.9 Å². The molecular formula is C37H75F2N. The van der Waals surface area contributed by atoms with E-state index in [-0.39, 0.29) is 17.9 Å². The highest BCUT2D eigenvalue weighted by molar-refractivity contribution is 5.06. The van der Waals surface area contributed by atoms with Crippen LogP contribution in [0.5, 0.6) is 0 Å². The van der Waals surface area contributed by atoms with E-state index >= 15 is 0 Å². The van der Waals surface area contributed by atoms with E-state index in [0.29, 0.717) is 29.7 Å². The van der Waals surface area contributed by atoms with Crippen LogP contribution in [0.2, 0.25) is 0 Å². The predicted molar refractivity (Wildman–Crippen MR) is 181 cm³/mol. The van der Waals surface area contributed by atoms with Crippen molar-refractivity contribution in [3.8, 4) is 12.8 Å². The molecule has 0 aromatic heterocycles. The van der Waals surface area contributed by atoms with Crippen molar-refractivity contribution in [2.24, 2.45) is 53.1 Å². The molecule has 3 heteroatoms. The fraction of sp³-hybridized carbons (Fsp3) is 0.892. The van der Waals surface area contributed by atoms with Crippen LogP contribution in [0.4, 0.5) is 8.78 Å². The molecule has 242 valence electrons. The maximum atomic E-state index is 14.3. The summed E-state index contributed by atoms with van der Waals surface area (Å²) in [5.74, 6) is 4.43. The molecule has 0 aliphatic carbocycles. The van der Waals surface area contributed by atoms with Gasteiger partial charge in [-0.25, -0.2) is 4.39 Å². The number of allylic oxidation sites excluding steroid dienone is 1. The lowest BCUT2D eigenvalue weighted by Gasteiger charge is -2.26. The minimum absolute atomic E-state index is 0.278. The highest BCUT2D eigenvalue weighted by Gasteiger charge is 2.23. The van der Waals surface area contributed by atoms with Crippen molar-refractivity contribution in [3.63, 3.8) is 0 Å². The molecule has 0 saturated carbocycles. The Bertz CT molecular complexity index is 556. The molecule has 0 saturated heterocycles. The molecule has 0 aromatic carbocycles. The van der Waals surface area contributed by atoms with E-state index in [9.17, 15) is 8.78 Å². The zero-order valence-corrected chi connectivity index (χ0v) is 29.5. The second-order valence-electron chi connectivity index (χ2n) is 13.1. The predicted octanol–water partition coefficient (Wildman–Crippen LogP) is 12.1. The summed E-state index contributed by atoms with van der Waals surface area (Å²) in [7, 11) is 0. The number of rotatable bonds is 19. The van der Waals surface area contributed by atoms with Gasteiger partial charge in [-0.05, 0) is 73.2 Å². The zero-order chi connectivity index (χ0) is 32.4. The lowest BCUT2D eigenvalue weighted by Crippen LogP contribution is -2.20. The zero-order valence-electron chi connectivity index (χ0n) is 29.5. The lowest BCUT2D eigenvalue weighted by atomic mass is 9.80. The molecule has 40 heavy (non-hydrogen) atoms. The standard InChI is InChI=1S/C21H41F2N.C12H26.C2H6.C2H2/c1-14(15(2)10-11-19(6)24)8-9-16(3)17(4)12-21(23)20(7)18(5)13-22;1-6-7-11(4)8-9-12(5)10(2)3;2*1-2/h14-19,21H,7-13,24H2,1-6H3;10-12H,6-9H2,1-5H3;1-2H3;1-2H. The second-order valence-corrected chi connectivity index (χ2v) is 13.1. The van der Waals surface area contributed by atoms with E-state index in [1.165, 1.54) is 38.5 Å². The van der Waals surface area contributed by atoms with Crippen molar-refractivity contribution in [1.82, 2.24) is 0 Å². The molecule has 0 aliphatic rings. The average Bonchev–Trinajstić information content (AvgIpc) is 2.94. The fourth-order valence-corrected chi connectivity index (χ4v) is 4.54. The Kier molecular flexibility index (Phi) is 34.1. The summed E-state index contributed by atoms with van der Waals surface area (Å²) in [4.78, 5) is 0. The van der Waals surface area contributed by atoms with Crippen LogP contribution in [0.1, 0.15) is 148 Å². The van der Waals surface area contributed by atoms with Crippen LogP contribution in [-0.2, 0) is 0 Å². The Labute approximate surface area is 253 Å². The van der Waals surface area contributed by atoms with Crippen LogP contribution in [0, 0.1) is 60.2 Å². The molecule has 0 radical (unpaired) electrons. The van der Waals surface area contributed by atoms with Gasteiger partial charge in [-0.2, -0.15) is 0 Å². The van der Waals surface area contributed by atoms with Gasteiger partial charge in [0.05, 0.1) is 6.67 Å². The van der Waals surface area contributed by atoms with Gasteiger partial charge < -0.3 is 5.73 Å². The minimum atomic E-state index is -1.09. The van der Waals surface area contributed by atoms with Crippen LogP contribution in [0.25, 0.3) is 0 Å². The van der Waals surface area contributed by atoms with E-state index < -0.39 is 12.8 Å². The first-order valence-corrected chi connectivity index (χ1v) is 16.6. The molecule has 2 N–H and O–H groups in total. The van der Waals surface area contributed by atoms with Crippen LogP contribution < -0.4 is 5.73 Å². The molecule has 0 heterocycles. The highest BCUT2D eigenvalue weighted by atomic mass is 19.1. The summed E-state index contributed by atoms with van der Waals surface area (Å²) in [5.41, 5.74) is 6.25. The number of halogens is 2. The maximum absolute atomic E-state index is 14.3. The van der Waals surface area contributed by atoms with Gasteiger partial charge in [0.1, 0.15) is 6.17 Å². The third-order valence-corrected chi connectivity index (χ3v) is 8.98. The Balaban J connectivity index is -0.000000339. The van der Waals surface area contributed by atoms with Crippen molar-refractivity contribution >= 4 is 0 Å². The highest BCUT2D eigenvalue weighted by Crippen LogP contribution is 2.30. The molecule has 0 rings (SSSR count). The van der Waals surface area contributed by atoms with Gasteiger partial charge in [-0.1, -0.05) is 128 Å². The number of nitrogens with two attached hydrogens (primary N) is 1.